The summed E-state index contributed by atoms with van der Waals surface area (Å²) in [4.78, 5) is 28.7. The third-order valence-corrected chi connectivity index (χ3v) is 5.76. The number of H-pyrrole nitrogens is 1. The predicted molar refractivity (Wildman–Crippen MR) is 113 cm³/mol. The summed E-state index contributed by atoms with van der Waals surface area (Å²) in [6.45, 7) is 0.745. The SMILES string of the molecule is O=C(CCNC(=O)c1ccco1)NC[C@@H](c1cccs1)c1c[nH]c2ccccc12. The fourth-order valence-electron chi connectivity index (χ4n) is 3.32. The molecule has 3 aromatic heterocycles. The summed E-state index contributed by atoms with van der Waals surface area (Å²) < 4.78 is 5.04. The highest BCUT2D eigenvalue weighted by Crippen LogP contribution is 2.32. The number of hydrogen-bond acceptors (Lipinski definition) is 4. The van der Waals surface area contributed by atoms with Crippen molar-refractivity contribution in [2.24, 2.45) is 0 Å². The number of furan rings is 1. The van der Waals surface area contributed by atoms with E-state index in [1.54, 1.807) is 23.5 Å². The molecule has 0 radical (unpaired) electrons. The van der Waals surface area contributed by atoms with E-state index >= 15 is 0 Å². The van der Waals surface area contributed by atoms with Gasteiger partial charge in [-0.3, -0.25) is 9.59 Å². The van der Waals surface area contributed by atoms with Gasteiger partial charge >= 0.3 is 0 Å². The zero-order chi connectivity index (χ0) is 20.1. The topological polar surface area (TPSA) is 87.1 Å². The van der Waals surface area contributed by atoms with E-state index in [0.29, 0.717) is 6.54 Å². The first kappa shape index (κ1) is 19.0. The zero-order valence-electron chi connectivity index (χ0n) is 15.7. The molecule has 0 unspecified atom stereocenters. The largest absolute Gasteiger partial charge is 0.459 e. The van der Waals surface area contributed by atoms with E-state index < -0.39 is 0 Å². The molecule has 0 aliphatic heterocycles. The lowest BCUT2D eigenvalue weighted by Crippen LogP contribution is -2.32. The number of rotatable bonds is 8. The average molecular weight is 407 g/mol. The van der Waals surface area contributed by atoms with Gasteiger partial charge < -0.3 is 20.0 Å². The second-order valence-electron chi connectivity index (χ2n) is 6.64. The fourth-order valence-corrected chi connectivity index (χ4v) is 4.17. The summed E-state index contributed by atoms with van der Waals surface area (Å²) in [6, 6.07) is 15.5. The molecule has 4 aromatic rings. The molecule has 0 fully saturated rings. The Kier molecular flexibility index (Phi) is 5.76. The molecule has 0 aliphatic rings. The van der Waals surface area contributed by atoms with E-state index in [9.17, 15) is 9.59 Å². The lowest BCUT2D eigenvalue weighted by Gasteiger charge is -2.16. The maximum Gasteiger partial charge on any atom is 0.286 e. The van der Waals surface area contributed by atoms with E-state index in [-0.39, 0.29) is 36.5 Å². The number of thiophene rings is 1. The number of aromatic nitrogens is 1. The summed E-state index contributed by atoms with van der Waals surface area (Å²) in [6.07, 6.45) is 3.67. The molecule has 148 valence electrons. The summed E-state index contributed by atoms with van der Waals surface area (Å²) >= 11 is 1.68. The molecule has 0 saturated heterocycles. The number of para-hydroxylation sites is 1. The van der Waals surface area contributed by atoms with Gasteiger partial charge in [-0.05, 0) is 35.2 Å². The van der Waals surface area contributed by atoms with Gasteiger partial charge in [0.25, 0.3) is 5.91 Å². The van der Waals surface area contributed by atoms with E-state index in [0.717, 1.165) is 16.5 Å². The first-order chi connectivity index (χ1) is 14.2. The van der Waals surface area contributed by atoms with Gasteiger partial charge in [0.05, 0.1) is 6.26 Å². The number of aromatic amines is 1. The molecule has 0 aliphatic carbocycles. The Morgan fingerprint density at radius 3 is 2.76 bits per heavy atom. The van der Waals surface area contributed by atoms with Crippen molar-refractivity contribution in [2.45, 2.75) is 12.3 Å². The smallest absolute Gasteiger partial charge is 0.286 e. The highest BCUT2D eigenvalue weighted by Gasteiger charge is 2.20. The quantitative estimate of drug-likeness (QED) is 0.414. The number of fused-ring (bicyclic) bond motifs is 1. The Morgan fingerprint density at radius 1 is 1.07 bits per heavy atom. The van der Waals surface area contributed by atoms with Crippen molar-refractivity contribution in [3.05, 3.63) is 82.6 Å². The van der Waals surface area contributed by atoms with E-state index in [1.807, 2.05) is 35.8 Å². The van der Waals surface area contributed by atoms with Gasteiger partial charge in [-0.25, -0.2) is 0 Å². The van der Waals surface area contributed by atoms with Crippen LogP contribution in [0.4, 0.5) is 0 Å². The van der Waals surface area contributed by atoms with Crippen LogP contribution in [0.5, 0.6) is 0 Å². The number of hydrogen-bond donors (Lipinski definition) is 3. The molecule has 6 nitrogen and oxygen atoms in total. The van der Waals surface area contributed by atoms with E-state index in [1.165, 1.54) is 11.1 Å². The Hall–Kier alpha value is -3.32. The van der Waals surface area contributed by atoms with Crippen LogP contribution in [0.15, 0.2) is 70.8 Å². The number of carbonyl (C=O) groups excluding carboxylic acids is 2. The molecule has 1 aromatic carbocycles. The first-order valence-corrected chi connectivity index (χ1v) is 10.3. The van der Waals surface area contributed by atoms with Gasteiger partial charge in [0.2, 0.25) is 5.91 Å². The standard InChI is InChI=1S/C22H21N3O3S/c26-21(9-10-23-22(27)19-7-3-11-28-19)25-14-17(20-8-4-12-29-20)16-13-24-18-6-2-1-5-15(16)18/h1-8,11-13,17,24H,9-10,14H2,(H,23,27)(H,25,26)/t17-/m1/s1. The zero-order valence-corrected chi connectivity index (χ0v) is 16.5. The first-order valence-electron chi connectivity index (χ1n) is 9.40. The van der Waals surface area contributed by atoms with Gasteiger partial charge in [-0.2, -0.15) is 0 Å². The molecule has 29 heavy (non-hydrogen) atoms. The Labute approximate surface area is 171 Å². The Balaban J connectivity index is 1.37. The van der Waals surface area contributed by atoms with Crippen molar-refractivity contribution < 1.29 is 14.0 Å². The van der Waals surface area contributed by atoms with Crippen molar-refractivity contribution in [1.82, 2.24) is 15.6 Å². The highest BCUT2D eigenvalue weighted by molar-refractivity contribution is 7.10. The fraction of sp³-hybridized carbons (Fsp3) is 0.182. The molecular weight excluding hydrogens is 386 g/mol. The molecular formula is C22H21N3O3S. The van der Waals surface area contributed by atoms with Crippen LogP contribution in [0, 0.1) is 0 Å². The predicted octanol–water partition coefficient (Wildman–Crippen LogP) is 3.89. The number of nitrogens with one attached hydrogen (secondary N) is 3. The number of amides is 2. The molecule has 3 heterocycles. The molecule has 2 amide bonds. The van der Waals surface area contributed by atoms with Crippen LogP contribution in [0.3, 0.4) is 0 Å². The van der Waals surface area contributed by atoms with Crippen molar-refractivity contribution in [3.63, 3.8) is 0 Å². The van der Waals surface area contributed by atoms with Crippen LogP contribution >= 0.6 is 11.3 Å². The van der Waals surface area contributed by atoms with Gasteiger partial charge in [-0.15, -0.1) is 11.3 Å². The van der Waals surface area contributed by atoms with Crippen molar-refractivity contribution in [1.29, 1.82) is 0 Å². The third-order valence-electron chi connectivity index (χ3n) is 4.77. The van der Waals surface area contributed by atoms with Crippen molar-refractivity contribution in [3.8, 4) is 0 Å². The molecule has 1 atom stereocenters. The van der Waals surface area contributed by atoms with Gasteiger partial charge in [0.1, 0.15) is 0 Å². The minimum atomic E-state index is -0.321. The maximum absolute atomic E-state index is 12.3. The molecule has 4 rings (SSSR count). The monoisotopic (exact) mass is 407 g/mol. The summed E-state index contributed by atoms with van der Waals surface area (Å²) in [5.41, 5.74) is 2.24. The Bertz CT molecular complexity index is 1080. The van der Waals surface area contributed by atoms with Gasteiger partial charge in [0, 0.05) is 47.4 Å². The molecule has 0 saturated carbocycles. The second kappa shape index (κ2) is 8.79. The minimum absolute atomic E-state index is 0.0628. The van der Waals surface area contributed by atoms with E-state index in [2.05, 4.69) is 27.8 Å². The normalized spacial score (nSPS) is 12.0. The van der Waals surface area contributed by atoms with Crippen molar-refractivity contribution >= 4 is 34.1 Å². The summed E-state index contributed by atoms with van der Waals surface area (Å²) in [7, 11) is 0. The lowest BCUT2D eigenvalue weighted by molar-refractivity contribution is -0.120. The van der Waals surface area contributed by atoms with Crippen LogP contribution in [0.1, 0.15) is 33.3 Å². The second-order valence-corrected chi connectivity index (χ2v) is 7.62. The van der Waals surface area contributed by atoms with Crippen LogP contribution in [0.2, 0.25) is 0 Å². The average Bonchev–Trinajstić information content (AvgIpc) is 3.50. The van der Waals surface area contributed by atoms with Gasteiger partial charge in [-0.1, -0.05) is 24.3 Å². The molecule has 0 spiro atoms. The summed E-state index contributed by atoms with van der Waals surface area (Å²) in [5.74, 6) is -0.125. The van der Waals surface area contributed by atoms with E-state index in [4.69, 9.17) is 4.42 Å². The minimum Gasteiger partial charge on any atom is -0.459 e. The Morgan fingerprint density at radius 2 is 1.97 bits per heavy atom. The van der Waals surface area contributed by atoms with Crippen LogP contribution in [0.25, 0.3) is 10.9 Å². The maximum atomic E-state index is 12.3. The highest BCUT2D eigenvalue weighted by atomic mass is 32.1. The van der Waals surface area contributed by atoms with Crippen molar-refractivity contribution in [2.75, 3.05) is 13.1 Å². The number of benzene rings is 1. The third kappa shape index (κ3) is 4.41. The van der Waals surface area contributed by atoms with Crippen LogP contribution in [-0.4, -0.2) is 29.9 Å². The number of carbonyl (C=O) groups is 2. The van der Waals surface area contributed by atoms with Gasteiger partial charge in [0.15, 0.2) is 5.76 Å². The molecule has 0 bridgehead atoms. The summed E-state index contributed by atoms with van der Waals surface area (Å²) in [5, 5.41) is 8.90. The van der Waals surface area contributed by atoms with Crippen LogP contribution < -0.4 is 10.6 Å². The lowest BCUT2D eigenvalue weighted by atomic mass is 9.96. The molecule has 3 N–H and O–H groups in total. The van der Waals surface area contributed by atoms with Crippen LogP contribution in [-0.2, 0) is 4.79 Å². The molecule has 7 heteroatoms.